The van der Waals surface area contributed by atoms with Crippen molar-refractivity contribution in [2.75, 3.05) is 25.1 Å². The lowest BCUT2D eigenvalue weighted by atomic mass is 10.0. The monoisotopic (exact) mass is 346 g/mol. The van der Waals surface area contributed by atoms with Gasteiger partial charge in [-0.15, -0.1) is 0 Å². The summed E-state index contributed by atoms with van der Waals surface area (Å²) in [6.45, 7) is 0.969. The molecule has 5 nitrogen and oxygen atoms in total. The molecule has 2 aromatic rings. The van der Waals surface area contributed by atoms with Crippen LogP contribution in [-0.4, -0.2) is 58.2 Å². The van der Waals surface area contributed by atoms with Crippen LogP contribution in [0.25, 0.3) is 10.8 Å². The number of likely N-dealkylation sites (tertiary alicyclic amines) is 1. The number of piperidine rings is 1. The lowest BCUT2D eigenvalue weighted by molar-refractivity contribution is -0.136. The van der Waals surface area contributed by atoms with Crippen LogP contribution >= 0.6 is 11.8 Å². The highest BCUT2D eigenvalue weighted by Gasteiger charge is 2.31. The molecule has 1 aliphatic rings. The van der Waals surface area contributed by atoms with E-state index in [1.807, 2.05) is 30.5 Å². The summed E-state index contributed by atoms with van der Waals surface area (Å²) in [5.41, 5.74) is 0. The molecule has 1 N–H and O–H groups in total. The highest BCUT2D eigenvalue weighted by Crippen LogP contribution is 2.24. The number of nitrogens with zero attached hydrogens (tertiary/aromatic N) is 2. The summed E-state index contributed by atoms with van der Waals surface area (Å²) in [4.78, 5) is 17.9. The summed E-state index contributed by atoms with van der Waals surface area (Å²) < 4.78 is 5.97. The van der Waals surface area contributed by atoms with Gasteiger partial charge in [0.25, 0.3) is 0 Å². The van der Waals surface area contributed by atoms with Crippen LogP contribution < -0.4 is 4.74 Å². The predicted octanol–water partition coefficient (Wildman–Crippen LogP) is 2.33. The zero-order valence-electron chi connectivity index (χ0n) is 13.7. The Bertz CT molecular complexity index is 709. The maximum Gasteiger partial charge on any atom is 0.223 e. The molecule has 0 unspecified atom stereocenters. The number of carbonyl (C=O) groups excluding carboxylic acids is 1. The van der Waals surface area contributed by atoms with Gasteiger partial charge in [0, 0.05) is 42.9 Å². The van der Waals surface area contributed by atoms with Gasteiger partial charge in [-0.1, -0.05) is 6.07 Å². The van der Waals surface area contributed by atoms with Crippen molar-refractivity contribution in [1.29, 1.82) is 0 Å². The first kappa shape index (κ1) is 17.0. The molecule has 128 valence electrons. The number of pyridine rings is 1. The molecule has 1 saturated heterocycles. The van der Waals surface area contributed by atoms with E-state index in [0.29, 0.717) is 25.9 Å². The molecule has 24 heavy (non-hydrogen) atoms. The molecular weight excluding hydrogens is 324 g/mol. The molecule has 1 aromatic carbocycles. The number of amides is 1. The van der Waals surface area contributed by atoms with Gasteiger partial charge in [-0.3, -0.25) is 9.78 Å². The summed E-state index contributed by atoms with van der Waals surface area (Å²) >= 11 is 1.66. The SMILES string of the molecule is CSCCC(=O)N1CC[C@@H](Oc2ccc3ccncc3c2)[C@H](O)C1. The maximum absolute atomic E-state index is 12.1. The molecule has 1 fully saturated rings. The summed E-state index contributed by atoms with van der Waals surface area (Å²) in [5, 5.41) is 12.5. The van der Waals surface area contributed by atoms with Crippen LogP contribution in [0.2, 0.25) is 0 Å². The number of benzene rings is 1. The zero-order valence-corrected chi connectivity index (χ0v) is 14.5. The first-order valence-electron chi connectivity index (χ1n) is 8.12. The second-order valence-corrected chi connectivity index (χ2v) is 6.97. The minimum Gasteiger partial charge on any atom is -0.488 e. The van der Waals surface area contributed by atoms with Crippen molar-refractivity contribution in [3.05, 3.63) is 36.7 Å². The van der Waals surface area contributed by atoms with Gasteiger partial charge in [-0.2, -0.15) is 11.8 Å². The van der Waals surface area contributed by atoms with Crippen LogP contribution in [-0.2, 0) is 4.79 Å². The fraction of sp³-hybridized carbons (Fsp3) is 0.444. The van der Waals surface area contributed by atoms with Crippen molar-refractivity contribution >= 4 is 28.4 Å². The summed E-state index contributed by atoms with van der Waals surface area (Å²) in [5.74, 6) is 1.65. The van der Waals surface area contributed by atoms with Gasteiger partial charge in [0.1, 0.15) is 18.0 Å². The molecule has 1 aromatic heterocycles. The Kier molecular flexibility index (Phi) is 5.58. The number of hydrogen-bond acceptors (Lipinski definition) is 5. The van der Waals surface area contributed by atoms with Crippen molar-refractivity contribution in [3.8, 4) is 5.75 Å². The largest absolute Gasteiger partial charge is 0.488 e. The van der Waals surface area contributed by atoms with E-state index in [9.17, 15) is 9.90 Å². The fourth-order valence-electron chi connectivity index (χ4n) is 2.93. The van der Waals surface area contributed by atoms with E-state index in [4.69, 9.17) is 4.74 Å². The average molecular weight is 346 g/mol. The van der Waals surface area contributed by atoms with Crippen LogP contribution in [0.1, 0.15) is 12.8 Å². The lowest BCUT2D eigenvalue weighted by Gasteiger charge is -2.36. The van der Waals surface area contributed by atoms with E-state index >= 15 is 0 Å². The summed E-state index contributed by atoms with van der Waals surface area (Å²) in [6.07, 6.45) is 5.75. The third-order valence-corrected chi connectivity index (χ3v) is 4.90. The first-order chi connectivity index (χ1) is 11.7. The highest BCUT2D eigenvalue weighted by molar-refractivity contribution is 7.98. The Morgan fingerprint density at radius 1 is 1.42 bits per heavy atom. The molecule has 0 aliphatic carbocycles. The Balaban J connectivity index is 1.61. The number of hydrogen-bond donors (Lipinski definition) is 1. The number of aliphatic hydroxyl groups is 1. The van der Waals surface area contributed by atoms with Crippen molar-refractivity contribution in [1.82, 2.24) is 9.88 Å². The van der Waals surface area contributed by atoms with Gasteiger partial charge in [-0.05, 0) is 29.8 Å². The Labute approximate surface area is 146 Å². The predicted molar refractivity (Wildman–Crippen MR) is 96.4 cm³/mol. The number of aliphatic hydroxyl groups excluding tert-OH is 1. The molecule has 6 heteroatoms. The number of β-amino-alcohol motifs (C(OH)–C–C–N with tert-alkyl or cyclic N) is 1. The van der Waals surface area contributed by atoms with Gasteiger partial charge in [-0.25, -0.2) is 0 Å². The van der Waals surface area contributed by atoms with Gasteiger partial charge in [0.05, 0.1) is 6.54 Å². The Hall–Kier alpha value is -1.79. The number of thioether (sulfide) groups is 1. The van der Waals surface area contributed by atoms with E-state index in [1.165, 1.54) is 0 Å². The normalized spacial score (nSPS) is 21.0. The van der Waals surface area contributed by atoms with Crippen LogP contribution in [0.3, 0.4) is 0 Å². The smallest absolute Gasteiger partial charge is 0.223 e. The molecule has 1 aliphatic heterocycles. The average Bonchev–Trinajstić information content (AvgIpc) is 2.61. The number of fused-ring (bicyclic) bond motifs is 1. The molecule has 0 radical (unpaired) electrons. The first-order valence-corrected chi connectivity index (χ1v) is 9.52. The molecule has 1 amide bonds. The third kappa shape index (κ3) is 3.99. The van der Waals surface area contributed by atoms with Gasteiger partial charge < -0.3 is 14.7 Å². The Morgan fingerprint density at radius 2 is 2.29 bits per heavy atom. The quantitative estimate of drug-likeness (QED) is 0.900. The fourth-order valence-corrected chi connectivity index (χ4v) is 3.31. The topological polar surface area (TPSA) is 62.7 Å². The molecular formula is C18H22N2O3S. The molecule has 2 atom stereocenters. The minimum atomic E-state index is -0.665. The van der Waals surface area contributed by atoms with Crippen molar-refractivity contribution in [2.24, 2.45) is 0 Å². The van der Waals surface area contributed by atoms with E-state index in [1.54, 1.807) is 29.1 Å². The number of aromatic nitrogens is 1. The second kappa shape index (κ2) is 7.85. The molecule has 0 bridgehead atoms. The second-order valence-electron chi connectivity index (χ2n) is 5.98. The van der Waals surface area contributed by atoms with E-state index < -0.39 is 6.10 Å². The maximum atomic E-state index is 12.1. The standard InChI is InChI=1S/C18H22N2O3S/c1-24-9-6-18(22)20-8-5-17(16(21)12-20)23-15-3-2-13-4-7-19-11-14(13)10-15/h2-4,7,10-11,16-17,21H,5-6,8-9,12H2,1H3/t16-,17-/m1/s1. The molecule has 3 rings (SSSR count). The van der Waals surface area contributed by atoms with Crippen LogP contribution in [0.5, 0.6) is 5.75 Å². The Morgan fingerprint density at radius 3 is 3.08 bits per heavy atom. The van der Waals surface area contributed by atoms with E-state index in [0.717, 1.165) is 22.3 Å². The zero-order chi connectivity index (χ0) is 16.9. The van der Waals surface area contributed by atoms with Crippen molar-refractivity contribution < 1.29 is 14.6 Å². The molecule has 0 saturated carbocycles. The molecule has 0 spiro atoms. The van der Waals surface area contributed by atoms with E-state index in [2.05, 4.69) is 4.98 Å². The number of rotatable bonds is 5. The number of ether oxygens (including phenoxy) is 1. The summed E-state index contributed by atoms with van der Waals surface area (Å²) in [7, 11) is 0. The summed E-state index contributed by atoms with van der Waals surface area (Å²) in [6, 6.07) is 7.78. The minimum absolute atomic E-state index is 0.110. The van der Waals surface area contributed by atoms with E-state index in [-0.39, 0.29) is 12.0 Å². The van der Waals surface area contributed by atoms with Gasteiger partial charge in [0.15, 0.2) is 0 Å². The molecule has 2 heterocycles. The third-order valence-electron chi connectivity index (χ3n) is 4.29. The van der Waals surface area contributed by atoms with Crippen molar-refractivity contribution in [2.45, 2.75) is 25.0 Å². The lowest BCUT2D eigenvalue weighted by Crippen LogP contribution is -2.51. The van der Waals surface area contributed by atoms with Gasteiger partial charge >= 0.3 is 0 Å². The van der Waals surface area contributed by atoms with Crippen molar-refractivity contribution in [3.63, 3.8) is 0 Å². The van der Waals surface area contributed by atoms with Crippen LogP contribution in [0.4, 0.5) is 0 Å². The van der Waals surface area contributed by atoms with Crippen LogP contribution in [0.15, 0.2) is 36.7 Å². The van der Waals surface area contributed by atoms with Crippen LogP contribution in [0, 0.1) is 0 Å². The van der Waals surface area contributed by atoms with Gasteiger partial charge in [0.2, 0.25) is 5.91 Å². The number of carbonyl (C=O) groups is 1. The highest BCUT2D eigenvalue weighted by atomic mass is 32.2.